The second kappa shape index (κ2) is 5.83. The van der Waals surface area contributed by atoms with Crippen LogP contribution in [0.4, 0.5) is 5.69 Å². The van der Waals surface area contributed by atoms with E-state index < -0.39 is 21.8 Å². The van der Waals surface area contributed by atoms with E-state index in [0.29, 0.717) is 22.6 Å². The van der Waals surface area contributed by atoms with Gasteiger partial charge < -0.3 is 10.5 Å². The lowest BCUT2D eigenvalue weighted by molar-refractivity contribution is -0.119. The van der Waals surface area contributed by atoms with E-state index >= 15 is 0 Å². The highest BCUT2D eigenvalue weighted by Crippen LogP contribution is 2.40. The van der Waals surface area contributed by atoms with E-state index in [1.807, 2.05) is 0 Å². The van der Waals surface area contributed by atoms with Crippen LogP contribution in [0.15, 0.2) is 47.4 Å². The molecule has 6 nitrogen and oxygen atoms in total. The molecular formula is C17H18N2O4S. The molecule has 2 aromatic rings. The normalized spacial score (nSPS) is 16.8. The average Bonchev–Trinajstić information content (AvgIpc) is 2.95. The van der Waals surface area contributed by atoms with E-state index in [2.05, 4.69) is 0 Å². The van der Waals surface area contributed by atoms with Crippen molar-refractivity contribution in [2.75, 3.05) is 18.0 Å². The van der Waals surface area contributed by atoms with Gasteiger partial charge in [0.1, 0.15) is 5.75 Å². The molecule has 0 saturated heterocycles. The Kier molecular flexibility index (Phi) is 3.96. The smallest absolute Gasteiger partial charge is 0.264 e. The molecule has 3 rings (SSSR count). The van der Waals surface area contributed by atoms with Gasteiger partial charge in [-0.2, -0.15) is 0 Å². The standard InChI is InChI=1S/C17H18N2O4S/c1-11-9-12(23-2)7-8-16(11)24(21,22)19-10-14(17(18)20)13-5-3-4-6-15(13)19/h3-9,14H,10H2,1-2H3,(H2,18,20). The highest BCUT2D eigenvalue weighted by Gasteiger charge is 2.39. The first-order chi connectivity index (χ1) is 11.4. The largest absolute Gasteiger partial charge is 0.497 e. The third-order valence-electron chi connectivity index (χ3n) is 4.22. The van der Waals surface area contributed by atoms with E-state index in [4.69, 9.17) is 10.5 Å². The Labute approximate surface area is 140 Å². The van der Waals surface area contributed by atoms with Crippen LogP contribution in [0.1, 0.15) is 17.0 Å². The number of para-hydroxylation sites is 1. The number of aryl methyl sites for hydroxylation is 1. The number of nitrogens with zero attached hydrogens (tertiary/aromatic N) is 1. The Balaban J connectivity index is 2.10. The monoisotopic (exact) mass is 346 g/mol. The quantitative estimate of drug-likeness (QED) is 0.914. The molecular weight excluding hydrogens is 328 g/mol. The van der Waals surface area contributed by atoms with Gasteiger partial charge in [0, 0.05) is 0 Å². The first-order valence-corrected chi connectivity index (χ1v) is 8.86. The molecule has 0 aliphatic carbocycles. The molecule has 0 spiro atoms. The Morgan fingerprint density at radius 3 is 2.58 bits per heavy atom. The molecule has 0 aromatic heterocycles. The van der Waals surface area contributed by atoms with Crippen molar-refractivity contribution in [1.82, 2.24) is 0 Å². The van der Waals surface area contributed by atoms with Gasteiger partial charge in [-0.3, -0.25) is 9.10 Å². The fourth-order valence-electron chi connectivity index (χ4n) is 3.00. The second-order valence-corrected chi connectivity index (χ2v) is 7.51. The number of benzene rings is 2. The van der Waals surface area contributed by atoms with Crippen LogP contribution in [-0.2, 0) is 14.8 Å². The summed E-state index contributed by atoms with van der Waals surface area (Å²) in [6.07, 6.45) is 0. The molecule has 2 N–H and O–H groups in total. The lowest BCUT2D eigenvalue weighted by atomic mass is 10.0. The number of hydrogen-bond donors (Lipinski definition) is 1. The molecule has 126 valence electrons. The summed E-state index contributed by atoms with van der Waals surface area (Å²) < 4.78 is 32.6. The zero-order chi connectivity index (χ0) is 17.5. The Morgan fingerprint density at radius 1 is 1.25 bits per heavy atom. The predicted octanol–water partition coefficient (Wildman–Crippen LogP) is 1.78. The topological polar surface area (TPSA) is 89.7 Å². The Morgan fingerprint density at radius 2 is 1.96 bits per heavy atom. The van der Waals surface area contributed by atoms with Crippen molar-refractivity contribution in [3.8, 4) is 5.75 Å². The highest BCUT2D eigenvalue weighted by atomic mass is 32.2. The van der Waals surface area contributed by atoms with Crippen molar-refractivity contribution < 1.29 is 17.9 Å². The molecule has 1 aliphatic heterocycles. The van der Waals surface area contributed by atoms with E-state index in [1.165, 1.54) is 17.5 Å². The number of hydrogen-bond acceptors (Lipinski definition) is 4. The van der Waals surface area contributed by atoms with Gasteiger partial charge in [-0.15, -0.1) is 0 Å². The average molecular weight is 346 g/mol. The SMILES string of the molecule is COc1ccc(S(=O)(=O)N2CC(C(N)=O)c3ccccc32)c(C)c1. The van der Waals surface area contributed by atoms with Crippen LogP contribution >= 0.6 is 0 Å². The van der Waals surface area contributed by atoms with Crippen LogP contribution in [-0.4, -0.2) is 28.0 Å². The maximum atomic E-state index is 13.1. The van der Waals surface area contributed by atoms with Crippen molar-refractivity contribution in [3.63, 3.8) is 0 Å². The summed E-state index contributed by atoms with van der Waals surface area (Å²) in [7, 11) is -2.28. The number of amides is 1. The molecule has 0 bridgehead atoms. The number of sulfonamides is 1. The van der Waals surface area contributed by atoms with Gasteiger partial charge in [0.25, 0.3) is 10.0 Å². The number of carbonyl (C=O) groups is 1. The van der Waals surface area contributed by atoms with Crippen molar-refractivity contribution in [2.45, 2.75) is 17.7 Å². The number of nitrogens with two attached hydrogens (primary N) is 1. The fraction of sp³-hybridized carbons (Fsp3) is 0.235. The number of fused-ring (bicyclic) bond motifs is 1. The third kappa shape index (κ3) is 2.50. The van der Waals surface area contributed by atoms with Gasteiger partial charge >= 0.3 is 0 Å². The van der Waals surface area contributed by atoms with Gasteiger partial charge in [0.2, 0.25) is 5.91 Å². The maximum absolute atomic E-state index is 13.1. The molecule has 0 fully saturated rings. The van der Waals surface area contributed by atoms with Gasteiger partial charge in [-0.25, -0.2) is 8.42 Å². The first kappa shape index (κ1) is 16.3. The van der Waals surface area contributed by atoms with Gasteiger partial charge in [0.15, 0.2) is 0 Å². The first-order valence-electron chi connectivity index (χ1n) is 7.42. The second-order valence-electron chi connectivity index (χ2n) is 5.68. The Hall–Kier alpha value is -2.54. The minimum atomic E-state index is -3.80. The van der Waals surface area contributed by atoms with Crippen molar-refractivity contribution in [1.29, 1.82) is 0 Å². The van der Waals surface area contributed by atoms with E-state index in [0.717, 1.165) is 0 Å². The molecule has 1 amide bonds. The van der Waals surface area contributed by atoms with Crippen LogP contribution in [0, 0.1) is 6.92 Å². The van der Waals surface area contributed by atoms with Crippen molar-refractivity contribution in [2.24, 2.45) is 5.73 Å². The minimum absolute atomic E-state index is 0.0164. The molecule has 1 unspecified atom stereocenters. The van der Waals surface area contributed by atoms with E-state index in [1.54, 1.807) is 43.3 Å². The van der Waals surface area contributed by atoms with E-state index in [9.17, 15) is 13.2 Å². The number of ether oxygens (including phenoxy) is 1. The minimum Gasteiger partial charge on any atom is -0.497 e. The van der Waals surface area contributed by atoms with Crippen LogP contribution in [0.3, 0.4) is 0 Å². The van der Waals surface area contributed by atoms with Gasteiger partial charge in [-0.1, -0.05) is 18.2 Å². The number of rotatable bonds is 4. The molecule has 1 aliphatic rings. The number of anilines is 1. The van der Waals surface area contributed by atoms with E-state index in [-0.39, 0.29) is 11.4 Å². The molecule has 0 radical (unpaired) electrons. The fourth-order valence-corrected chi connectivity index (χ4v) is 4.71. The van der Waals surface area contributed by atoms with Crippen molar-refractivity contribution >= 4 is 21.6 Å². The lowest BCUT2D eigenvalue weighted by Gasteiger charge is -2.21. The van der Waals surface area contributed by atoms with Crippen LogP contribution in [0.2, 0.25) is 0 Å². The molecule has 0 saturated carbocycles. The van der Waals surface area contributed by atoms with Gasteiger partial charge in [-0.05, 0) is 42.3 Å². The number of carbonyl (C=O) groups excluding carboxylic acids is 1. The summed E-state index contributed by atoms with van der Waals surface area (Å²) in [6.45, 7) is 1.73. The zero-order valence-electron chi connectivity index (χ0n) is 13.4. The highest BCUT2D eigenvalue weighted by molar-refractivity contribution is 7.93. The maximum Gasteiger partial charge on any atom is 0.264 e. The predicted molar refractivity (Wildman–Crippen MR) is 90.6 cm³/mol. The zero-order valence-corrected chi connectivity index (χ0v) is 14.2. The van der Waals surface area contributed by atoms with Crippen LogP contribution in [0.5, 0.6) is 5.75 Å². The lowest BCUT2D eigenvalue weighted by Crippen LogP contribution is -2.33. The summed E-state index contributed by atoms with van der Waals surface area (Å²) >= 11 is 0. The van der Waals surface area contributed by atoms with Crippen LogP contribution < -0.4 is 14.8 Å². The summed E-state index contributed by atoms with van der Waals surface area (Å²) in [4.78, 5) is 11.9. The van der Waals surface area contributed by atoms with Gasteiger partial charge in [0.05, 0.1) is 30.2 Å². The molecule has 7 heteroatoms. The molecule has 2 aromatic carbocycles. The summed E-state index contributed by atoms with van der Waals surface area (Å²) in [6, 6.07) is 11.7. The number of primary amides is 1. The molecule has 24 heavy (non-hydrogen) atoms. The summed E-state index contributed by atoms with van der Waals surface area (Å²) in [5.74, 6) is -0.593. The Bertz CT molecular complexity index is 909. The molecule has 1 atom stereocenters. The van der Waals surface area contributed by atoms with Crippen LogP contribution in [0.25, 0.3) is 0 Å². The number of methoxy groups -OCH3 is 1. The molecule has 1 heterocycles. The summed E-state index contributed by atoms with van der Waals surface area (Å²) in [5.41, 5.74) is 7.16. The summed E-state index contributed by atoms with van der Waals surface area (Å²) in [5, 5.41) is 0. The van der Waals surface area contributed by atoms with Crippen molar-refractivity contribution in [3.05, 3.63) is 53.6 Å². The third-order valence-corrected chi connectivity index (χ3v) is 6.16.